The summed E-state index contributed by atoms with van der Waals surface area (Å²) < 4.78 is 0. The summed E-state index contributed by atoms with van der Waals surface area (Å²) in [6, 6.07) is 0. The van der Waals surface area contributed by atoms with Crippen LogP contribution in [0.5, 0.6) is 0 Å². The molecule has 0 aromatic heterocycles. The molecule has 1 nitrogen and oxygen atoms in total. The molecule has 0 saturated heterocycles. The quantitative estimate of drug-likeness (QED) is 0.483. The Morgan fingerprint density at radius 2 is 0.800 bits per heavy atom. The van der Waals surface area contributed by atoms with Crippen molar-refractivity contribution in [1.82, 2.24) is 6.15 Å². The van der Waals surface area contributed by atoms with Gasteiger partial charge in [0.15, 0.2) is 0 Å². The molecule has 5 heavy (non-hydrogen) atoms. The maximum atomic E-state index is 3.00. The number of hydrogen-bond donors (Lipinski definition) is 1. The lowest BCUT2D eigenvalue weighted by molar-refractivity contribution is 2.13. The minimum absolute atomic E-state index is 0. The second kappa shape index (κ2) is 587. The predicted molar refractivity (Wildman–Crippen MR) is 30.8 cm³/mol. The highest BCUT2D eigenvalue weighted by atomic mass is 35.5. The Bertz CT molecular complexity index is 7.61. The molecule has 0 atom stereocenters. The molecule has 0 aliphatic rings. The number of halogens is 2. The summed E-state index contributed by atoms with van der Waals surface area (Å²) in [7, 11) is 0. The highest BCUT2D eigenvalue weighted by molar-refractivity contribution is 5.85. The third-order valence-corrected chi connectivity index (χ3v) is 0. The highest BCUT2D eigenvalue weighted by Gasteiger charge is 0.601. The molecular formula is C2H9Cl2N. The van der Waals surface area contributed by atoms with Crippen LogP contribution in [0, 0.1) is 0 Å². The normalized spacial score (nSPS) is 0.800. The summed E-state index contributed by atoms with van der Waals surface area (Å²) in [5.41, 5.74) is 0. The van der Waals surface area contributed by atoms with Gasteiger partial charge in [-0.25, -0.2) is 0 Å². The lowest BCUT2D eigenvalue weighted by atomic mass is 11.3. The van der Waals surface area contributed by atoms with Crippen molar-refractivity contribution in [3.63, 3.8) is 0 Å². The Hall–Kier alpha value is 0.280. The second-order valence-corrected chi connectivity index (χ2v) is 0. The van der Waals surface area contributed by atoms with E-state index in [-0.39, 0.29) is 31.0 Å². The van der Waals surface area contributed by atoms with E-state index in [1.807, 2.05) is 0 Å². The van der Waals surface area contributed by atoms with Crippen LogP contribution >= 0.6 is 24.8 Å². The summed E-state index contributed by atoms with van der Waals surface area (Å²) in [6.45, 7) is 6.00. The standard InChI is InChI=1S/C2H4.2ClH.H3N/c1-2;;;/h1-2H2;2*1H;1H3. The molecule has 0 saturated carbocycles. The van der Waals surface area contributed by atoms with Gasteiger partial charge in [-0.3, -0.25) is 0 Å². The first-order valence-electron chi connectivity index (χ1n) is 0.500. The first-order valence-corrected chi connectivity index (χ1v) is 0.500. The molecule has 0 aliphatic carbocycles. The molecule has 0 aromatic rings. The molecule has 0 amide bonds. The molecule has 0 aliphatic heterocycles. The van der Waals surface area contributed by atoms with Crippen LogP contribution in [-0.4, -0.2) is 0 Å². The summed E-state index contributed by atoms with van der Waals surface area (Å²) in [4.78, 5) is 0. The zero-order valence-corrected chi connectivity index (χ0v) is 4.57. The van der Waals surface area contributed by atoms with E-state index < -0.39 is 0 Å². The van der Waals surface area contributed by atoms with Gasteiger partial charge in [0.1, 0.15) is 0 Å². The zero-order valence-electron chi connectivity index (χ0n) is 2.94. The van der Waals surface area contributed by atoms with Crippen LogP contribution in [0.2, 0.25) is 0 Å². The Morgan fingerprint density at radius 3 is 0.800 bits per heavy atom. The molecule has 0 fully saturated rings. The van der Waals surface area contributed by atoms with E-state index >= 15 is 0 Å². The van der Waals surface area contributed by atoms with Crippen molar-refractivity contribution in [3.8, 4) is 0 Å². The van der Waals surface area contributed by atoms with E-state index in [1.165, 1.54) is 0 Å². The van der Waals surface area contributed by atoms with Gasteiger partial charge < -0.3 is 6.15 Å². The topological polar surface area (TPSA) is 35.0 Å². The van der Waals surface area contributed by atoms with Gasteiger partial charge >= 0.3 is 0 Å². The lowest BCUT2D eigenvalue weighted by Crippen LogP contribution is -0.552. The minimum Gasteiger partial charge on any atom is -0.344 e. The van der Waals surface area contributed by atoms with Crippen LogP contribution in [0.25, 0.3) is 0 Å². The first-order chi connectivity index (χ1) is 1.00. The smallest absolute Gasteiger partial charge is 0.106 e. The van der Waals surface area contributed by atoms with Crippen LogP contribution in [0.1, 0.15) is 0 Å². The van der Waals surface area contributed by atoms with Crippen molar-refractivity contribution in [2.75, 3.05) is 0 Å². The first kappa shape index (κ1) is 59.0. The molecule has 0 heterocycles. The Balaban J connectivity index is -0.00000000167. The summed E-state index contributed by atoms with van der Waals surface area (Å²) in [5, 5.41) is 0. The van der Waals surface area contributed by atoms with Crippen LogP contribution in [0.3, 0.4) is 0 Å². The third kappa shape index (κ3) is 284. The third-order valence-electron chi connectivity index (χ3n) is 0. The van der Waals surface area contributed by atoms with E-state index in [2.05, 4.69) is 13.2 Å². The summed E-state index contributed by atoms with van der Waals surface area (Å²) >= 11 is 0. The molecule has 0 spiro atoms. The lowest BCUT2D eigenvalue weighted by Gasteiger charge is -0.813. The molecule has 0 bridgehead atoms. The number of hydrogen-bond acceptors (Lipinski definition) is 1. The molecule has 0 unspecified atom stereocenters. The van der Waals surface area contributed by atoms with Gasteiger partial charge in [-0.2, -0.15) is 0 Å². The second-order valence-electron chi connectivity index (χ2n) is 0. The van der Waals surface area contributed by atoms with Crippen molar-refractivity contribution in [1.29, 1.82) is 0 Å². The predicted octanol–water partition coefficient (Wildman–Crippen LogP) is 1.81. The van der Waals surface area contributed by atoms with Gasteiger partial charge in [0.2, 0.25) is 0 Å². The van der Waals surface area contributed by atoms with Crippen LogP contribution < -0.4 is 6.15 Å². The fourth-order valence-electron chi connectivity index (χ4n) is 0. The maximum absolute atomic E-state index is 3.00. The van der Waals surface area contributed by atoms with Crippen molar-refractivity contribution in [2.24, 2.45) is 0 Å². The van der Waals surface area contributed by atoms with Crippen LogP contribution in [0.4, 0.5) is 0 Å². The maximum Gasteiger partial charge on any atom is -0.106 e. The van der Waals surface area contributed by atoms with Gasteiger partial charge in [0.25, 0.3) is 0 Å². The van der Waals surface area contributed by atoms with Gasteiger partial charge in [-0.05, 0) is 0 Å². The minimum atomic E-state index is 0. The van der Waals surface area contributed by atoms with Crippen LogP contribution in [0.15, 0.2) is 13.2 Å². The molecule has 3 heteroatoms. The Morgan fingerprint density at radius 1 is 0.800 bits per heavy atom. The van der Waals surface area contributed by atoms with E-state index in [0.29, 0.717) is 0 Å². The van der Waals surface area contributed by atoms with E-state index in [0.717, 1.165) is 0 Å². The van der Waals surface area contributed by atoms with Gasteiger partial charge in [-0.1, -0.05) is 0 Å². The number of rotatable bonds is 0. The Labute approximate surface area is 44.9 Å². The average molecular weight is 118 g/mol. The molecule has 0 aromatic carbocycles. The van der Waals surface area contributed by atoms with Gasteiger partial charge in [0.05, 0.1) is 0 Å². The monoisotopic (exact) mass is 117 g/mol. The van der Waals surface area contributed by atoms with Gasteiger partial charge in [-0.15, -0.1) is 38.0 Å². The largest absolute Gasteiger partial charge is 0.344 e. The van der Waals surface area contributed by atoms with Crippen molar-refractivity contribution in [2.45, 2.75) is 0 Å². The molecule has 0 rings (SSSR count). The molecule has 0 radical (unpaired) electrons. The van der Waals surface area contributed by atoms with Gasteiger partial charge in [0, 0.05) is 0 Å². The van der Waals surface area contributed by atoms with Crippen molar-refractivity contribution >= 4 is 24.8 Å². The fraction of sp³-hybridized carbons (Fsp3) is 0. The molecule has 3 N–H and O–H groups in total. The van der Waals surface area contributed by atoms with Crippen molar-refractivity contribution in [3.05, 3.63) is 13.2 Å². The zero-order chi connectivity index (χ0) is 2.00. The van der Waals surface area contributed by atoms with Crippen LogP contribution in [-0.2, 0) is 0 Å². The average Bonchev–Trinajstić information content (AvgIpc) is 1.00. The highest BCUT2D eigenvalue weighted by Crippen LogP contribution is 0.862. The molecular weight excluding hydrogens is 109 g/mol. The fourth-order valence-corrected chi connectivity index (χ4v) is 0. The summed E-state index contributed by atoms with van der Waals surface area (Å²) in [5.74, 6) is 0. The summed E-state index contributed by atoms with van der Waals surface area (Å²) in [6.07, 6.45) is 0. The molecule has 36 valence electrons. The van der Waals surface area contributed by atoms with E-state index in [9.17, 15) is 0 Å². The SMILES string of the molecule is C=C.Cl.Cl.N. The Kier molecular flexibility index (Phi) is 6930. The van der Waals surface area contributed by atoms with E-state index in [1.54, 1.807) is 0 Å². The van der Waals surface area contributed by atoms with Crippen molar-refractivity contribution < 1.29 is 0 Å². The van der Waals surface area contributed by atoms with E-state index in [4.69, 9.17) is 0 Å².